The lowest BCUT2D eigenvalue weighted by molar-refractivity contribution is 0.648. The number of para-hydroxylation sites is 2. The standard InChI is InChI=1S/C59H39NO/c1-3-14-40(15-4-1)42-28-32-47(33-29-42)60(48-34-30-43(31-35-48)45-27-26-41-16-7-8-17-44(41)38-45)49-36-37-51-50-20-9-11-23-54(50)59(56(51)39-49,46-18-5-2-6-19-46)55-24-13-22-53-52-21-10-12-25-57(52)61-58(53)55/h1-39H. The molecule has 2 heteroatoms. The van der Waals surface area contributed by atoms with E-state index in [-0.39, 0.29) is 0 Å². The van der Waals surface area contributed by atoms with E-state index >= 15 is 0 Å². The van der Waals surface area contributed by atoms with Crippen molar-refractivity contribution in [3.63, 3.8) is 0 Å². The van der Waals surface area contributed by atoms with Crippen LogP contribution in [0.3, 0.4) is 0 Å². The molecule has 0 N–H and O–H groups in total. The highest BCUT2D eigenvalue weighted by Gasteiger charge is 2.48. The Hall–Kier alpha value is -7.94. The van der Waals surface area contributed by atoms with Crippen molar-refractivity contribution in [2.75, 3.05) is 4.90 Å². The second-order valence-electron chi connectivity index (χ2n) is 16.0. The van der Waals surface area contributed by atoms with Crippen molar-refractivity contribution in [1.82, 2.24) is 0 Å². The van der Waals surface area contributed by atoms with Crippen LogP contribution in [-0.4, -0.2) is 0 Å². The summed E-state index contributed by atoms with van der Waals surface area (Å²) in [6.07, 6.45) is 0. The predicted octanol–water partition coefficient (Wildman–Crippen LogP) is 15.9. The minimum Gasteiger partial charge on any atom is -0.456 e. The Morgan fingerprint density at radius 3 is 1.67 bits per heavy atom. The van der Waals surface area contributed by atoms with Gasteiger partial charge in [0.15, 0.2) is 0 Å². The van der Waals surface area contributed by atoms with Crippen LogP contribution in [0.4, 0.5) is 17.1 Å². The van der Waals surface area contributed by atoms with Crippen LogP contribution in [0, 0.1) is 0 Å². The molecule has 0 spiro atoms. The molecule has 1 aliphatic rings. The smallest absolute Gasteiger partial charge is 0.140 e. The predicted molar refractivity (Wildman–Crippen MR) is 254 cm³/mol. The zero-order valence-electron chi connectivity index (χ0n) is 33.4. The van der Waals surface area contributed by atoms with Crippen LogP contribution in [0.1, 0.15) is 22.3 Å². The van der Waals surface area contributed by atoms with Crippen molar-refractivity contribution in [1.29, 1.82) is 0 Å². The molecule has 12 rings (SSSR count). The van der Waals surface area contributed by atoms with Gasteiger partial charge in [0.05, 0.1) is 5.41 Å². The van der Waals surface area contributed by atoms with Gasteiger partial charge in [0.2, 0.25) is 0 Å². The average Bonchev–Trinajstić information content (AvgIpc) is 3.86. The van der Waals surface area contributed by atoms with E-state index in [9.17, 15) is 0 Å². The minimum atomic E-state index is -0.667. The van der Waals surface area contributed by atoms with Gasteiger partial charge in [-0.3, -0.25) is 0 Å². The van der Waals surface area contributed by atoms with Gasteiger partial charge in [-0.05, 0) is 109 Å². The second kappa shape index (κ2) is 14.1. The van der Waals surface area contributed by atoms with Gasteiger partial charge >= 0.3 is 0 Å². The maximum atomic E-state index is 6.90. The van der Waals surface area contributed by atoms with Crippen LogP contribution >= 0.6 is 0 Å². The van der Waals surface area contributed by atoms with Crippen molar-refractivity contribution in [3.05, 3.63) is 259 Å². The summed E-state index contributed by atoms with van der Waals surface area (Å²) in [6.45, 7) is 0. The maximum Gasteiger partial charge on any atom is 0.140 e. The van der Waals surface area contributed by atoms with Crippen LogP contribution < -0.4 is 4.90 Å². The van der Waals surface area contributed by atoms with E-state index in [1.165, 1.54) is 60.8 Å². The summed E-state index contributed by atoms with van der Waals surface area (Å²) in [5.41, 5.74) is 16.4. The first-order valence-electron chi connectivity index (χ1n) is 21.0. The Morgan fingerprint density at radius 2 is 0.885 bits per heavy atom. The molecule has 1 aliphatic carbocycles. The van der Waals surface area contributed by atoms with Gasteiger partial charge in [-0.2, -0.15) is 0 Å². The fraction of sp³-hybridized carbons (Fsp3) is 0.0169. The first-order valence-corrected chi connectivity index (χ1v) is 21.0. The zero-order chi connectivity index (χ0) is 40.3. The second-order valence-corrected chi connectivity index (χ2v) is 16.0. The van der Waals surface area contributed by atoms with E-state index in [1.54, 1.807) is 0 Å². The van der Waals surface area contributed by atoms with Crippen molar-refractivity contribution < 1.29 is 4.42 Å². The molecule has 61 heavy (non-hydrogen) atoms. The summed E-state index contributed by atoms with van der Waals surface area (Å²) in [5.74, 6) is 0. The van der Waals surface area contributed by atoms with Crippen molar-refractivity contribution >= 4 is 49.8 Å². The van der Waals surface area contributed by atoms with Gasteiger partial charge in [0.1, 0.15) is 11.2 Å². The Morgan fingerprint density at radius 1 is 0.328 bits per heavy atom. The number of fused-ring (bicyclic) bond motifs is 7. The highest BCUT2D eigenvalue weighted by molar-refractivity contribution is 6.07. The van der Waals surface area contributed by atoms with E-state index in [2.05, 4.69) is 241 Å². The lowest BCUT2D eigenvalue weighted by atomic mass is 9.67. The van der Waals surface area contributed by atoms with E-state index in [1.807, 2.05) is 0 Å². The van der Waals surface area contributed by atoms with E-state index < -0.39 is 5.41 Å². The molecule has 0 amide bonds. The number of hydrogen-bond acceptors (Lipinski definition) is 2. The third kappa shape index (κ3) is 5.57. The fourth-order valence-electron chi connectivity index (χ4n) is 9.95. The van der Waals surface area contributed by atoms with Gasteiger partial charge in [0.25, 0.3) is 0 Å². The number of furan rings is 1. The van der Waals surface area contributed by atoms with Crippen LogP contribution in [0.15, 0.2) is 241 Å². The number of benzene rings is 10. The molecular formula is C59H39NO. The molecular weight excluding hydrogens is 739 g/mol. The summed E-state index contributed by atoms with van der Waals surface area (Å²) < 4.78 is 6.90. The van der Waals surface area contributed by atoms with Gasteiger partial charge in [-0.1, -0.05) is 188 Å². The highest BCUT2D eigenvalue weighted by Crippen LogP contribution is 2.58. The number of nitrogens with zero attached hydrogens (tertiary/aromatic N) is 1. The Kier molecular flexibility index (Phi) is 8.11. The molecule has 2 nitrogen and oxygen atoms in total. The van der Waals surface area contributed by atoms with E-state index in [0.29, 0.717) is 0 Å². The molecule has 1 unspecified atom stereocenters. The van der Waals surface area contributed by atoms with Gasteiger partial charge < -0.3 is 9.32 Å². The lowest BCUT2D eigenvalue weighted by Crippen LogP contribution is -2.29. The van der Waals surface area contributed by atoms with Gasteiger partial charge in [-0.15, -0.1) is 0 Å². The van der Waals surface area contributed by atoms with Crippen LogP contribution in [-0.2, 0) is 5.41 Å². The molecule has 1 atom stereocenters. The van der Waals surface area contributed by atoms with Crippen LogP contribution in [0.2, 0.25) is 0 Å². The maximum absolute atomic E-state index is 6.90. The van der Waals surface area contributed by atoms with E-state index in [4.69, 9.17) is 4.42 Å². The highest BCUT2D eigenvalue weighted by atomic mass is 16.3. The molecule has 286 valence electrons. The molecule has 1 heterocycles. The number of rotatable bonds is 7. The quantitative estimate of drug-likeness (QED) is 0.160. The Bertz CT molecular complexity index is 3400. The average molecular weight is 778 g/mol. The summed E-state index contributed by atoms with van der Waals surface area (Å²) in [4.78, 5) is 2.40. The molecule has 0 saturated heterocycles. The van der Waals surface area contributed by atoms with Gasteiger partial charge in [0, 0.05) is 33.4 Å². The largest absolute Gasteiger partial charge is 0.456 e. The van der Waals surface area contributed by atoms with Crippen LogP contribution in [0.25, 0.3) is 66.1 Å². The topological polar surface area (TPSA) is 16.4 Å². The zero-order valence-corrected chi connectivity index (χ0v) is 33.4. The molecule has 0 radical (unpaired) electrons. The van der Waals surface area contributed by atoms with Crippen molar-refractivity contribution in [2.24, 2.45) is 0 Å². The summed E-state index contributed by atoms with van der Waals surface area (Å²) in [5, 5.41) is 4.73. The molecule has 1 aromatic heterocycles. The third-order valence-electron chi connectivity index (χ3n) is 12.7. The van der Waals surface area contributed by atoms with Crippen molar-refractivity contribution in [2.45, 2.75) is 5.41 Å². The first-order chi connectivity index (χ1) is 30.2. The first kappa shape index (κ1) is 35.0. The minimum absolute atomic E-state index is 0.667. The molecule has 0 saturated carbocycles. The Balaban J connectivity index is 1.08. The SMILES string of the molecule is c1ccc(-c2ccc(N(c3ccc(-c4ccc5ccccc5c4)cc3)c3ccc4c(c3)C(c3ccccc3)(c3cccc5c3oc3ccccc35)c3ccccc3-4)cc2)cc1. The number of anilines is 3. The molecule has 0 aliphatic heterocycles. The normalized spacial score (nSPS) is 14.3. The summed E-state index contributed by atoms with van der Waals surface area (Å²) >= 11 is 0. The summed E-state index contributed by atoms with van der Waals surface area (Å²) in [7, 11) is 0. The molecule has 0 bridgehead atoms. The van der Waals surface area contributed by atoms with Gasteiger partial charge in [-0.25, -0.2) is 0 Å². The molecule has 10 aromatic carbocycles. The number of hydrogen-bond donors (Lipinski definition) is 0. The molecule has 0 fully saturated rings. The lowest BCUT2D eigenvalue weighted by Gasteiger charge is -2.35. The Labute approximate surface area is 355 Å². The fourth-order valence-corrected chi connectivity index (χ4v) is 9.95. The van der Waals surface area contributed by atoms with E-state index in [0.717, 1.165) is 44.6 Å². The molecule has 11 aromatic rings. The summed E-state index contributed by atoms with van der Waals surface area (Å²) in [6, 6.07) is 86.0. The van der Waals surface area contributed by atoms with Crippen molar-refractivity contribution in [3.8, 4) is 33.4 Å². The third-order valence-corrected chi connectivity index (χ3v) is 12.7. The van der Waals surface area contributed by atoms with Crippen LogP contribution in [0.5, 0.6) is 0 Å². The monoisotopic (exact) mass is 777 g/mol.